The number of benzene rings is 7. The Morgan fingerprint density at radius 3 is 1.23 bits per heavy atom. The molecule has 3 aliphatic rings. The number of carbonyl (C=O) groups is 2. The molecule has 0 aromatic heterocycles. The van der Waals surface area contributed by atoms with Gasteiger partial charge in [0.1, 0.15) is 67.1 Å². The van der Waals surface area contributed by atoms with Crippen LogP contribution in [-0.2, 0) is 117 Å². The summed E-state index contributed by atoms with van der Waals surface area (Å²) in [5, 5.41) is 17.3. The average molecular weight is 1310 g/mol. The molecular weight excluding hydrogens is 1230 g/mol. The molecular formula is C74H83F3N2O16. The Labute approximate surface area is 552 Å². The van der Waals surface area contributed by atoms with Gasteiger partial charge in [-0.25, -0.2) is 0 Å². The van der Waals surface area contributed by atoms with Crippen LogP contribution in [0.25, 0.3) is 0 Å². The van der Waals surface area contributed by atoms with Gasteiger partial charge in [-0.15, -0.1) is 0 Å². The number of aliphatic hydroxyl groups is 1. The Bertz CT molecular complexity index is 3320. The second kappa shape index (κ2) is 36.2. The van der Waals surface area contributed by atoms with Crippen LogP contribution in [0.2, 0.25) is 0 Å². The van der Waals surface area contributed by atoms with E-state index in [1.165, 1.54) is 6.92 Å². The molecule has 0 unspecified atom stereocenters. The van der Waals surface area contributed by atoms with E-state index < -0.39 is 110 Å². The van der Waals surface area contributed by atoms with E-state index >= 15 is 0 Å². The molecule has 7 aromatic rings. The van der Waals surface area contributed by atoms with Crippen LogP contribution < -0.4 is 10.6 Å². The zero-order valence-electron chi connectivity index (χ0n) is 53.1. The van der Waals surface area contributed by atoms with Crippen molar-refractivity contribution < 1.29 is 89.4 Å². The summed E-state index contributed by atoms with van der Waals surface area (Å²) in [6.45, 7) is 2.82. The number of ether oxygens (including phenoxy) is 13. The zero-order chi connectivity index (χ0) is 66.2. The fourth-order valence-corrected chi connectivity index (χ4v) is 11.5. The van der Waals surface area contributed by atoms with Crippen LogP contribution in [0.3, 0.4) is 0 Å². The first-order valence-corrected chi connectivity index (χ1v) is 32.0. The second-order valence-corrected chi connectivity index (χ2v) is 23.5. The number of carbonyl (C=O) groups excluding carboxylic acids is 2. The van der Waals surface area contributed by atoms with E-state index in [0.29, 0.717) is 0 Å². The van der Waals surface area contributed by atoms with Gasteiger partial charge in [-0.3, -0.25) is 9.59 Å². The maximum absolute atomic E-state index is 13.6. The highest BCUT2D eigenvalue weighted by molar-refractivity contribution is 5.81. The highest BCUT2D eigenvalue weighted by Gasteiger charge is 2.57. The second-order valence-electron chi connectivity index (χ2n) is 23.5. The Kier molecular flexibility index (Phi) is 26.8. The van der Waals surface area contributed by atoms with Crippen molar-refractivity contribution in [2.75, 3.05) is 26.4 Å². The first kappa shape index (κ1) is 70.5. The third kappa shape index (κ3) is 21.1. The van der Waals surface area contributed by atoms with Crippen LogP contribution in [0.5, 0.6) is 0 Å². The Morgan fingerprint density at radius 1 is 0.432 bits per heavy atom. The summed E-state index contributed by atoms with van der Waals surface area (Å²) in [6.07, 6.45) is -21.7. The third-order valence-electron chi connectivity index (χ3n) is 16.3. The molecule has 18 nitrogen and oxygen atoms in total. The lowest BCUT2D eigenvalue weighted by Gasteiger charge is -2.51. The van der Waals surface area contributed by atoms with Gasteiger partial charge in [-0.2, -0.15) is 13.2 Å². The van der Waals surface area contributed by atoms with Crippen molar-refractivity contribution in [2.45, 2.75) is 165 Å². The van der Waals surface area contributed by atoms with Gasteiger partial charge in [0.25, 0.3) is 0 Å². The number of amides is 2. The van der Waals surface area contributed by atoms with E-state index in [1.54, 1.807) is 6.92 Å². The molecule has 10 rings (SSSR count). The van der Waals surface area contributed by atoms with Crippen molar-refractivity contribution in [3.63, 3.8) is 0 Å². The topological polar surface area (TPSA) is 198 Å². The third-order valence-corrected chi connectivity index (χ3v) is 16.3. The lowest BCUT2D eigenvalue weighted by atomic mass is 9.94. The Hall–Kier alpha value is -7.29. The van der Waals surface area contributed by atoms with E-state index in [0.717, 1.165) is 38.9 Å². The monoisotopic (exact) mass is 1310 g/mol. The maximum atomic E-state index is 13.6. The van der Waals surface area contributed by atoms with Crippen molar-refractivity contribution in [1.29, 1.82) is 0 Å². The van der Waals surface area contributed by atoms with Gasteiger partial charge in [0, 0.05) is 13.5 Å². The van der Waals surface area contributed by atoms with E-state index in [-0.39, 0.29) is 79.0 Å². The summed E-state index contributed by atoms with van der Waals surface area (Å²) < 4.78 is 130. The average Bonchev–Trinajstić information content (AvgIpc) is 0.773. The number of hydrogen-bond donors (Lipinski definition) is 3. The van der Waals surface area contributed by atoms with Gasteiger partial charge < -0.3 is 77.3 Å². The first-order valence-electron chi connectivity index (χ1n) is 32.0. The summed E-state index contributed by atoms with van der Waals surface area (Å²) in [4.78, 5) is 25.5. The molecule has 3 heterocycles. The van der Waals surface area contributed by atoms with Crippen molar-refractivity contribution >= 4 is 11.8 Å². The number of rotatable bonds is 33. The van der Waals surface area contributed by atoms with Gasteiger partial charge in [0.05, 0.1) is 72.2 Å². The molecule has 21 heteroatoms. The number of nitrogens with one attached hydrogen (secondary N) is 2. The van der Waals surface area contributed by atoms with E-state index in [9.17, 15) is 27.9 Å². The Morgan fingerprint density at radius 2 is 0.800 bits per heavy atom. The molecule has 0 bridgehead atoms. The van der Waals surface area contributed by atoms with Crippen molar-refractivity contribution in [2.24, 2.45) is 0 Å². The highest BCUT2D eigenvalue weighted by atomic mass is 19.4. The number of aliphatic hydroxyl groups excluding tert-OH is 1. The molecule has 95 heavy (non-hydrogen) atoms. The van der Waals surface area contributed by atoms with Crippen molar-refractivity contribution in [3.05, 3.63) is 251 Å². The van der Waals surface area contributed by atoms with Gasteiger partial charge in [0.15, 0.2) is 18.9 Å². The lowest BCUT2D eigenvalue weighted by Crippen LogP contribution is -2.69. The zero-order valence-corrected chi connectivity index (χ0v) is 53.1. The van der Waals surface area contributed by atoms with Crippen LogP contribution in [0.1, 0.15) is 59.2 Å². The predicted molar refractivity (Wildman–Crippen MR) is 342 cm³/mol. The normalized spacial score (nSPS) is 26.1. The summed E-state index contributed by atoms with van der Waals surface area (Å²) in [5.74, 6) is -2.55. The fraction of sp³-hybridized carbons (Fsp3) is 0.405. The standard InChI is InChI=1S/C74H83F3N2O16/c1-50-63(86-43-54-29-14-5-15-30-54)66(88-45-56-33-18-7-19-34-56)69(71(91-50)85-40-24-39-78-73(82)74(75,76)77)95-72-68(90-47-58-37-22-9-23-38-58)67(89-46-57-35-20-8-21-36-57)64(60(93-72)49-84-42-53-27-12-4-13-28-53)94-70-61(79-51(2)80)65(87-44-55-31-16-6-17-32-55)62(81)59(92-70)48-83-41-52-25-10-3-11-26-52/h3-23,25-38,50,59-72,81H,24,39-49H2,1-2H3,(H,78,82)(H,79,80)/t50-,59+,60+,61-,62+,63-,64+,65+,66+,67-,68+,69+,70-,71-,72+/m0/s1. The largest absolute Gasteiger partial charge is 0.471 e. The summed E-state index contributed by atoms with van der Waals surface area (Å²) in [6, 6.07) is 65.4. The molecule has 3 aliphatic heterocycles. The summed E-state index contributed by atoms with van der Waals surface area (Å²) in [7, 11) is 0. The molecule has 3 fully saturated rings. The van der Waals surface area contributed by atoms with Crippen molar-refractivity contribution in [3.8, 4) is 0 Å². The maximum Gasteiger partial charge on any atom is 0.471 e. The van der Waals surface area contributed by atoms with Crippen LogP contribution in [0, 0.1) is 0 Å². The Balaban J connectivity index is 1.07. The van der Waals surface area contributed by atoms with Crippen LogP contribution in [0.4, 0.5) is 13.2 Å². The van der Waals surface area contributed by atoms with Crippen LogP contribution in [-0.4, -0.2) is 142 Å². The van der Waals surface area contributed by atoms with Gasteiger partial charge in [0.2, 0.25) is 5.91 Å². The van der Waals surface area contributed by atoms with E-state index in [4.69, 9.17) is 61.6 Å². The number of hydrogen-bond acceptors (Lipinski definition) is 16. The summed E-state index contributed by atoms with van der Waals surface area (Å²) >= 11 is 0. The molecule has 0 aliphatic carbocycles. The molecule has 3 N–H and O–H groups in total. The number of alkyl halides is 3. The molecule has 15 atom stereocenters. The molecule has 3 saturated heterocycles. The molecule has 0 saturated carbocycles. The van der Waals surface area contributed by atoms with Crippen molar-refractivity contribution in [1.82, 2.24) is 10.6 Å². The molecule has 0 radical (unpaired) electrons. The minimum atomic E-state index is -5.09. The van der Waals surface area contributed by atoms with E-state index in [1.807, 2.05) is 218 Å². The van der Waals surface area contributed by atoms with Gasteiger partial charge in [-0.05, 0) is 52.3 Å². The van der Waals surface area contributed by atoms with Crippen LogP contribution in [0.15, 0.2) is 212 Å². The molecule has 506 valence electrons. The highest BCUT2D eigenvalue weighted by Crippen LogP contribution is 2.39. The number of halogens is 3. The van der Waals surface area contributed by atoms with E-state index in [2.05, 4.69) is 5.32 Å². The summed E-state index contributed by atoms with van der Waals surface area (Å²) in [5.41, 5.74) is 5.79. The van der Waals surface area contributed by atoms with Crippen LogP contribution >= 0.6 is 0 Å². The smallest absolute Gasteiger partial charge is 0.388 e. The first-order chi connectivity index (χ1) is 46.3. The minimum absolute atomic E-state index is 0.00210. The lowest BCUT2D eigenvalue weighted by molar-refractivity contribution is -0.391. The molecule has 7 aromatic carbocycles. The van der Waals surface area contributed by atoms with Gasteiger partial charge in [-0.1, -0.05) is 212 Å². The molecule has 0 spiro atoms. The van der Waals surface area contributed by atoms with Gasteiger partial charge >= 0.3 is 12.1 Å². The fourth-order valence-electron chi connectivity index (χ4n) is 11.5. The predicted octanol–water partition coefficient (Wildman–Crippen LogP) is 10.3. The SMILES string of the molecule is CC(=O)N[C@@H]1[C@H](O[C@H]2[C@H](OCc3ccccc3)[C@@H](OCc3ccccc3)[C@@H](O[C@H]3[C@@H](OCCCNC(=O)C(F)(F)F)O[C@@H](C)[C@H](OCc4ccccc4)[C@H]3OCc3ccccc3)O[C@@H]2COCc2ccccc2)O[C@H](COCc2ccccc2)[C@@H](O)[C@@H]1OCc1ccccc1. The molecule has 2 amide bonds. The minimum Gasteiger partial charge on any atom is -0.388 e. The quantitative estimate of drug-likeness (QED) is 0.0328.